The average molecular weight is 206 g/mol. The summed E-state index contributed by atoms with van der Waals surface area (Å²) in [7, 11) is 0. The quantitative estimate of drug-likeness (QED) is 0.727. The zero-order valence-corrected chi connectivity index (χ0v) is 8.60. The minimum absolute atomic E-state index is 0.385. The van der Waals surface area contributed by atoms with Crippen molar-refractivity contribution in [2.45, 2.75) is 19.4 Å². The van der Waals surface area contributed by atoms with Crippen molar-refractivity contribution in [3.8, 4) is 11.8 Å². The molecule has 0 bridgehead atoms. The van der Waals surface area contributed by atoms with Gasteiger partial charge in [-0.25, -0.2) is 0 Å². The van der Waals surface area contributed by atoms with Gasteiger partial charge in [0.1, 0.15) is 5.75 Å². The number of hydrogen-bond donors (Lipinski definition) is 2. The number of aliphatic hydroxyl groups is 1. The molecule has 4 heteroatoms. The summed E-state index contributed by atoms with van der Waals surface area (Å²) in [6.07, 6.45) is 0.170. The lowest BCUT2D eigenvalue weighted by Gasteiger charge is -2.09. The summed E-state index contributed by atoms with van der Waals surface area (Å²) in [6.45, 7) is 2.11. The molecule has 80 valence electrons. The molecule has 1 rings (SSSR count). The number of nitrogens with two attached hydrogens (primary N) is 1. The summed E-state index contributed by atoms with van der Waals surface area (Å²) in [5, 5.41) is 17.6. The molecule has 0 saturated carbocycles. The van der Waals surface area contributed by atoms with Gasteiger partial charge < -0.3 is 15.6 Å². The number of ether oxygens (including phenoxy) is 1. The topological polar surface area (TPSA) is 79.3 Å². The summed E-state index contributed by atoms with van der Waals surface area (Å²) in [5.41, 5.74) is 6.63. The highest BCUT2D eigenvalue weighted by Crippen LogP contribution is 2.22. The van der Waals surface area contributed by atoms with Gasteiger partial charge >= 0.3 is 0 Å². The monoisotopic (exact) mass is 206 g/mol. The Labute approximate surface area is 88.9 Å². The maximum absolute atomic E-state index is 9.03. The van der Waals surface area contributed by atoms with Crippen LogP contribution in [-0.4, -0.2) is 17.8 Å². The number of rotatable bonds is 4. The zero-order chi connectivity index (χ0) is 11.3. The second-order valence-electron chi connectivity index (χ2n) is 3.35. The number of anilines is 1. The van der Waals surface area contributed by atoms with Crippen molar-refractivity contribution in [3.05, 3.63) is 23.8 Å². The molecule has 15 heavy (non-hydrogen) atoms. The smallest absolute Gasteiger partial charge is 0.142 e. The van der Waals surface area contributed by atoms with Crippen LogP contribution in [0, 0.1) is 11.3 Å². The van der Waals surface area contributed by atoms with E-state index >= 15 is 0 Å². The van der Waals surface area contributed by atoms with Crippen LogP contribution in [0.25, 0.3) is 0 Å². The van der Waals surface area contributed by atoms with Gasteiger partial charge in [-0.05, 0) is 25.1 Å². The second kappa shape index (κ2) is 5.23. The average Bonchev–Trinajstić information content (AvgIpc) is 2.20. The normalized spacial score (nSPS) is 11.8. The predicted molar refractivity (Wildman–Crippen MR) is 57.4 cm³/mol. The maximum Gasteiger partial charge on any atom is 0.142 e. The van der Waals surface area contributed by atoms with Crippen LogP contribution in [0.4, 0.5) is 5.69 Å². The van der Waals surface area contributed by atoms with E-state index in [1.165, 1.54) is 0 Å². The molecule has 4 nitrogen and oxygen atoms in total. The molecular weight excluding hydrogens is 192 g/mol. The van der Waals surface area contributed by atoms with E-state index < -0.39 is 0 Å². The molecule has 1 aromatic rings. The van der Waals surface area contributed by atoms with Crippen LogP contribution >= 0.6 is 0 Å². The summed E-state index contributed by atoms with van der Waals surface area (Å²) in [5.74, 6) is 0.551. The van der Waals surface area contributed by atoms with Gasteiger partial charge in [0.05, 0.1) is 30.0 Å². The lowest BCUT2D eigenvalue weighted by Crippen LogP contribution is -2.08. The van der Waals surface area contributed by atoms with Gasteiger partial charge in [-0.2, -0.15) is 5.26 Å². The molecule has 0 heterocycles. The number of nitrogens with zero attached hydrogens (tertiary/aromatic N) is 1. The molecule has 0 saturated heterocycles. The van der Waals surface area contributed by atoms with E-state index in [1.54, 1.807) is 25.1 Å². The van der Waals surface area contributed by atoms with Crippen molar-refractivity contribution in [2.75, 3.05) is 12.3 Å². The van der Waals surface area contributed by atoms with Crippen molar-refractivity contribution >= 4 is 5.69 Å². The molecule has 1 unspecified atom stereocenters. The van der Waals surface area contributed by atoms with E-state index in [4.69, 9.17) is 20.8 Å². The van der Waals surface area contributed by atoms with Crippen LogP contribution in [0.2, 0.25) is 0 Å². The van der Waals surface area contributed by atoms with Crippen molar-refractivity contribution in [2.24, 2.45) is 0 Å². The Bertz CT molecular complexity index is 369. The van der Waals surface area contributed by atoms with Gasteiger partial charge in [0.25, 0.3) is 0 Å². The zero-order valence-electron chi connectivity index (χ0n) is 8.60. The number of nitrogen functional groups attached to an aromatic ring is 1. The van der Waals surface area contributed by atoms with Crippen LogP contribution < -0.4 is 10.5 Å². The van der Waals surface area contributed by atoms with Crippen LogP contribution in [0.1, 0.15) is 18.9 Å². The second-order valence-corrected chi connectivity index (χ2v) is 3.35. The van der Waals surface area contributed by atoms with Gasteiger partial charge in [-0.15, -0.1) is 0 Å². The molecule has 0 aliphatic carbocycles. The number of aliphatic hydroxyl groups excluding tert-OH is 1. The van der Waals surface area contributed by atoms with Crippen LogP contribution in [0.15, 0.2) is 18.2 Å². The van der Waals surface area contributed by atoms with Gasteiger partial charge in [-0.3, -0.25) is 0 Å². The Morgan fingerprint density at radius 2 is 2.33 bits per heavy atom. The minimum Gasteiger partial charge on any atom is -0.491 e. The molecule has 0 spiro atoms. The van der Waals surface area contributed by atoms with Crippen LogP contribution in [0.3, 0.4) is 0 Å². The fourth-order valence-electron chi connectivity index (χ4n) is 1.09. The lowest BCUT2D eigenvalue weighted by atomic mass is 10.2. The molecule has 0 aliphatic rings. The first kappa shape index (κ1) is 11.3. The van der Waals surface area contributed by atoms with E-state index in [0.29, 0.717) is 30.0 Å². The first-order valence-electron chi connectivity index (χ1n) is 4.74. The van der Waals surface area contributed by atoms with Crippen molar-refractivity contribution in [3.63, 3.8) is 0 Å². The molecule has 0 aliphatic heterocycles. The molecule has 0 aromatic heterocycles. The van der Waals surface area contributed by atoms with E-state index in [-0.39, 0.29) is 6.10 Å². The molecular formula is C11H14N2O2. The van der Waals surface area contributed by atoms with Gasteiger partial charge in [0.2, 0.25) is 0 Å². The third-order valence-electron chi connectivity index (χ3n) is 1.93. The van der Waals surface area contributed by atoms with Gasteiger partial charge in [0.15, 0.2) is 0 Å². The summed E-state index contributed by atoms with van der Waals surface area (Å²) in [6, 6.07) is 6.87. The van der Waals surface area contributed by atoms with E-state index in [2.05, 4.69) is 0 Å². The Kier molecular flexibility index (Phi) is 3.95. The van der Waals surface area contributed by atoms with Crippen LogP contribution in [0.5, 0.6) is 5.75 Å². The highest BCUT2D eigenvalue weighted by molar-refractivity contribution is 5.56. The number of benzene rings is 1. The van der Waals surface area contributed by atoms with E-state index in [9.17, 15) is 0 Å². The fraction of sp³-hybridized carbons (Fsp3) is 0.364. The summed E-state index contributed by atoms with van der Waals surface area (Å²) in [4.78, 5) is 0. The fourth-order valence-corrected chi connectivity index (χ4v) is 1.09. The predicted octanol–water partition coefficient (Wildman–Crippen LogP) is 1.29. The van der Waals surface area contributed by atoms with Crippen molar-refractivity contribution < 1.29 is 9.84 Å². The largest absolute Gasteiger partial charge is 0.491 e. The summed E-state index contributed by atoms with van der Waals surface area (Å²) < 4.78 is 5.35. The van der Waals surface area contributed by atoms with Crippen LogP contribution in [-0.2, 0) is 0 Å². The minimum atomic E-state index is -0.385. The van der Waals surface area contributed by atoms with Gasteiger partial charge in [0, 0.05) is 6.42 Å². The third-order valence-corrected chi connectivity index (χ3v) is 1.93. The van der Waals surface area contributed by atoms with Crippen molar-refractivity contribution in [1.29, 1.82) is 5.26 Å². The van der Waals surface area contributed by atoms with E-state index in [0.717, 1.165) is 0 Å². The van der Waals surface area contributed by atoms with Crippen molar-refractivity contribution in [1.82, 2.24) is 0 Å². The summed E-state index contributed by atoms with van der Waals surface area (Å²) >= 11 is 0. The molecule has 0 radical (unpaired) electrons. The van der Waals surface area contributed by atoms with E-state index in [1.807, 2.05) is 6.07 Å². The Balaban J connectivity index is 2.59. The SMILES string of the molecule is CC(O)CCOc1ccc(C#N)cc1N. The first-order chi connectivity index (χ1) is 7.13. The third kappa shape index (κ3) is 3.49. The molecule has 1 atom stereocenters. The Morgan fingerprint density at radius 3 is 2.87 bits per heavy atom. The highest BCUT2D eigenvalue weighted by atomic mass is 16.5. The lowest BCUT2D eigenvalue weighted by molar-refractivity contribution is 0.156. The highest BCUT2D eigenvalue weighted by Gasteiger charge is 2.02. The van der Waals surface area contributed by atoms with Gasteiger partial charge in [-0.1, -0.05) is 0 Å². The Morgan fingerprint density at radius 1 is 1.60 bits per heavy atom. The maximum atomic E-state index is 9.03. The standard InChI is InChI=1S/C11H14N2O2/c1-8(14)4-5-15-11-3-2-9(7-12)6-10(11)13/h2-3,6,8,14H,4-5,13H2,1H3. The molecule has 3 N–H and O–H groups in total. The molecule has 1 aromatic carbocycles. The Hall–Kier alpha value is -1.73. The number of nitriles is 1. The molecule has 0 fully saturated rings. The number of hydrogen-bond acceptors (Lipinski definition) is 4. The molecule has 0 amide bonds. The first-order valence-corrected chi connectivity index (χ1v) is 4.74.